The van der Waals surface area contributed by atoms with E-state index in [9.17, 15) is 19.8 Å². The predicted molar refractivity (Wildman–Crippen MR) is 76.9 cm³/mol. The van der Waals surface area contributed by atoms with Gasteiger partial charge in [-0.25, -0.2) is 4.79 Å². The lowest BCUT2D eigenvalue weighted by molar-refractivity contribution is -0.0551. The molecule has 0 aromatic carbocycles. The van der Waals surface area contributed by atoms with Crippen molar-refractivity contribution in [2.24, 2.45) is 5.11 Å². The van der Waals surface area contributed by atoms with Gasteiger partial charge in [-0.3, -0.25) is 14.3 Å². The minimum atomic E-state index is -1.50. The molecule has 12 heteroatoms. The number of azide groups is 1. The Balaban J connectivity index is 2.50. The first-order valence-electron chi connectivity index (χ1n) is 6.52. The number of aliphatic hydroxyl groups excluding tert-OH is 3. The van der Waals surface area contributed by atoms with Crippen LogP contribution >= 0.6 is 11.6 Å². The molecular weight excluding hydrogens is 334 g/mol. The number of nitrogens with zero attached hydrogens (tertiary/aromatic N) is 4. The highest BCUT2D eigenvalue weighted by atomic mass is 35.5. The maximum atomic E-state index is 11.9. The van der Waals surface area contributed by atoms with Crippen molar-refractivity contribution in [3.8, 4) is 0 Å². The molecule has 4 N–H and O–H groups in total. The molecule has 1 saturated heterocycles. The first-order valence-corrected chi connectivity index (χ1v) is 7.06. The molecular formula is C11H14ClN5O6. The van der Waals surface area contributed by atoms with Gasteiger partial charge >= 0.3 is 5.69 Å². The Bertz CT molecular complexity index is 728. The summed E-state index contributed by atoms with van der Waals surface area (Å²) in [6, 6.07) is -1.03. The van der Waals surface area contributed by atoms with Gasteiger partial charge in [0.05, 0.1) is 12.6 Å². The summed E-state index contributed by atoms with van der Waals surface area (Å²) in [6.07, 6.45) is -4.28. The van der Waals surface area contributed by atoms with Crippen LogP contribution in [-0.4, -0.2) is 55.7 Å². The smallest absolute Gasteiger partial charge is 0.330 e. The Morgan fingerprint density at radius 3 is 2.70 bits per heavy atom. The Hall–Kier alpha value is -1.88. The van der Waals surface area contributed by atoms with E-state index >= 15 is 0 Å². The monoisotopic (exact) mass is 347 g/mol. The molecule has 0 saturated carbocycles. The van der Waals surface area contributed by atoms with E-state index in [2.05, 4.69) is 10.0 Å². The number of hydrogen-bond donors (Lipinski definition) is 4. The highest BCUT2D eigenvalue weighted by Gasteiger charge is 2.43. The van der Waals surface area contributed by atoms with Crippen LogP contribution in [0.15, 0.2) is 20.9 Å². The fourth-order valence-electron chi connectivity index (χ4n) is 2.28. The van der Waals surface area contributed by atoms with Crippen LogP contribution in [0.2, 0.25) is 0 Å². The van der Waals surface area contributed by atoms with Crippen LogP contribution in [0.4, 0.5) is 0 Å². The van der Waals surface area contributed by atoms with E-state index in [1.54, 1.807) is 0 Å². The van der Waals surface area contributed by atoms with Gasteiger partial charge in [-0.2, -0.15) is 0 Å². The third-order valence-corrected chi connectivity index (χ3v) is 3.78. The Labute approximate surface area is 133 Å². The third-order valence-electron chi connectivity index (χ3n) is 3.48. The molecule has 126 valence electrons. The van der Waals surface area contributed by atoms with Crippen molar-refractivity contribution in [2.75, 3.05) is 12.5 Å². The SMILES string of the molecule is [N-]=[N+]=NC(CCl)c1cn([C@@H]2O[C@H](CO)[C@@H](O)[C@@H]2O)c(=O)[nH]c1=O. The van der Waals surface area contributed by atoms with E-state index in [0.717, 1.165) is 10.8 Å². The molecule has 0 spiro atoms. The average Bonchev–Trinajstić information content (AvgIpc) is 2.81. The number of aliphatic hydroxyl groups is 3. The third kappa shape index (κ3) is 3.24. The quantitative estimate of drug-likeness (QED) is 0.224. The number of nitrogens with one attached hydrogen (secondary N) is 1. The highest BCUT2D eigenvalue weighted by Crippen LogP contribution is 2.28. The van der Waals surface area contributed by atoms with Crippen molar-refractivity contribution in [1.82, 2.24) is 9.55 Å². The molecule has 5 atom stereocenters. The van der Waals surface area contributed by atoms with Crippen molar-refractivity contribution in [3.63, 3.8) is 0 Å². The highest BCUT2D eigenvalue weighted by molar-refractivity contribution is 6.18. The molecule has 1 fully saturated rings. The second-order valence-corrected chi connectivity index (χ2v) is 5.16. The van der Waals surface area contributed by atoms with Crippen LogP contribution in [0.25, 0.3) is 10.4 Å². The van der Waals surface area contributed by atoms with Crippen molar-refractivity contribution < 1.29 is 20.1 Å². The van der Waals surface area contributed by atoms with Crippen molar-refractivity contribution in [3.05, 3.63) is 43.0 Å². The van der Waals surface area contributed by atoms with Crippen LogP contribution in [0.5, 0.6) is 0 Å². The normalized spacial score (nSPS) is 28.3. The van der Waals surface area contributed by atoms with Crippen LogP contribution < -0.4 is 11.2 Å². The Morgan fingerprint density at radius 1 is 1.48 bits per heavy atom. The van der Waals surface area contributed by atoms with E-state index in [0.29, 0.717) is 0 Å². The maximum absolute atomic E-state index is 11.9. The summed E-state index contributed by atoms with van der Waals surface area (Å²) in [5, 5.41) is 32.1. The van der Waals surface area contributed by atoms with Crippen LogP contribution in [0.3, 0.4) is 0 Å². The van der Waals surface area contributed by atoms with E-state index in [1.807, 2.05) is 4.98 Å². The lowest BCUT2D eigenvalue weighted by Crippen LogP contribution is -2.39. The fraction of sp³-hybridized carbons (Fsp3) is 0.636. The number of H-pyrrole nitrogens is 1. The first-order chi connectivity index (χ1) is 10.9. The van der Waals surface area contributed by atoms with E-state index < -0.39 is 48.4 Å². The lowest BCUT2D eigenvalue weighted by Gasteiger charge is -2.18. The molecule has 1 aliphatic heterocycles. The van der Waals surface area contributed by atoms with E-state index in [-0.39, 0.29) is 11.4 Å². The molecule has 0 amide bonds. The predicted octanol–water partition coefficient (Wildman–Crippen LogP) is -1.26. The van der Waals surface area contributed by atoms with Gasteiger partial charge in [0.1, 0.15) is 18.3 Å². The van der Waals surface area contributed by atoms with Gasteiger partial charge < -0.3 is 20.1 Å². The van der Waals surface area contributed by atoms with Gasteiger partial charge in [0.25, 0.3) is 5.56 Å². The summed E-state index contributed by atoms with van der Waals surface area (Å²) in [4.78, 5) is 28.3. The molecule has 23 heavy (non-hydrogen) atoms. The number of aromatic amines is 1. The van der Waals surface area contributed by atoms with Gasteiger partial charge in [0, 0.05) is 22.6 Å². The number of aromatic nitrogens is 2. The zero-order valence-electron chi connectivity index (χ0n) is 11.6. The van der Waals surface area contributed by atoms with Crippen LogP contribution in [0.1, 0.15) is 17.8 Å². The summed E-state index contributed by atoms with van der Waals surface area (Å²) in [5.74, 6) is -0.207. The second-order valence-electron chi connectivity index (χ2n) is 4.85. The average molecular weight is 348 g/mol. The molecule has 2 rings (SSSR count). The topological polar surface area (TPSA) is 174 Å². The van der Waals surface area contributed by atoms with Crippen molar-refractivity contribution >= 4 is 11.6 Å². The van der Waals surface area contributed by atoms with Gasteiger partial charge in [-0.05, 0) is 5.53 Å². The molecule has 0 aliphatic carbocycles. The summed E-state index contributed by atoms with van der Waals surface area (Å²) < 4.78 is 6.06. The fourth-order valence-corrected chi connectivity index (χ4v) is 2.50. The van der Waals surface area contributed by atoms with E-state index in [1.165, 1.54) is 0 Å². The minimum Gasteiger partial charge on any atom is -0.394 e. The molecule has 0 radical (unpaired) electrons. The molecule has 2 heterocycles. The molecule has 0 bridgehead atoms. The zero-order valence-corrected chi connectivity index (χ0v) is 12.4. The minimum absolute atomic E-state index is 0.102. The number of hydrogen-bond acceptors (Lipinski definition) is 7. The van der Waals surface area contributed by atoms with Crippen LogP contribution in [0, 0.1) is 0 Å². The van der Waals surface area contributed by atoms with Crippen molar-refractivity contribution in [2.45, 2.75) is 30.6 Å². The Kier molecular flexibility index (Phi) is 5.42. The molecule has 1 aromatic heterocycles. The zero-order chi connectivity index (χ0) is 17.1. The molecule has 1 aliphatic rings. The van der Waals surface area contributed by atoms with Gasteiger partial charge in [0.2, 0.25) is 0 Å². The van der Waals surface area contributed by atoms with E-state index in [4.69, 9.17) is 27.0 Å². The van der Waals surface area contributed by atoms with Gasteiger partial charge in [-0.1, -0.05) is 5.11 Å². The van der Waals surface area contributed by atoms with Gasteiger partial charge in [-0.15, -0.1) is 11.6 Å². The summed E-state index contributed by atoms with van der Waals surface area (Å²) in [6.45, 7) is -0.567. The molecule has 1 unspecified atom stereocenters. The number of alkyl halides is 1. The molecule has 11 nitrogen and oxygen atoms in total. The number of halogens is 1. The number of rotatable bonds is 5. The number of ether oxygens (including phenoxy) is 1. The first kappa shape index (κ1) is 17.5. The van der Waals surface area contributed by atoms with Gasteiger partial charge in [0.15, 0.2) is 6.23 Å². The summed E-state index contributed by atoms with van der Waals surface area (Å²) in [7, 11) is 0. The second kappa shape index (κ2) is 7.13. The molecule has 1 aromatic rings. The van der Waals surface area contributed by atoms with Crippen molar-refractivity contribution in [1.29, 1.82) is 0 Å². The Morgan fingerprint density at radius 2 is 2.17 bits per heavy atom. The largest absolute Gasteiger partial charge is 0.394 e. The summed E-state index contributed by atoms with van der Waals surface area (Å²) >= 11 is 5.64. The maximum Gasteiger partial charge on any atom is 0.330 e. The standard InChI is InChI=1S/C11H14ClN5O6/c12-1-5(15-16-13)4-2-17(11(22)14-9(4)21)10-8(20)7(19)6(3-18)23-10/h2,5-8,10,18-20H,1,3H2,(H,14,21,22)/t5?,6-,7-,8+,10-/m1/s1. The lowest BCUT2D eigenvalue weighted by atomic mass is 10.1. The van der Waals surface area contributed by atoms with Crippen LogP contribution in [-0.2, 0) is 4.74 Å². The summed E-state index contributed by atoms with van der Waals surface area (Å²) in [5.41, 5.74) is 6.70.